The molecule has 21 heavy (non-hydrogen) atoms. The van der Waals surface area contributed by atoms with E-state index in [2.05, 4.69) is 13.2 Å². The Kier molecular flexibility index (Phi) is 5.71. The van der Waals surface area contributed by atoms with Gasteiger partial charge < -0.3 is 5.11 Å². The molecule has 0 radical (unpaired) electrons. The number of nitrogens with zero attached hydrogens (tertiary/aromatic N) is 1. The monoisotopic (exact) mass is 329 g/mol. The van der Waals surface area contributed by atoms with Crippen molar-refractivity contribution in [1.29, 1.82) is 0 Å². The number of hydrogen-bond acceptors (Lipinski definition) is 3. The number of aromatic carboxylic acids is 1. The van der Waals surface area contributed by atoms with Crippen LogP contribution in [0, 0.1) is 6.92 Å². The van der Waals surface area contributed by atoms with Crippen LogP contribution in [0.3, 0.4) is 0 Å². The van der Waals surface area contributed by atoms with Gasteiger partial charge in [-0.25, -0.2) is 13.2 Å². The minimum absolute atomic E-state index is 0.0498. The number of rotatable bonds is 7. The summed E-state index contributed by atoms with van der Waals surface area (Å²) in [6.07, 6.45) is 2.89. The first-order valence-corrected chi connectivity index (χ1v) is 7.82. The Balaban J connectivity index is 3.53. The molecule has 0 spiro atoms. The van der Waals surface area contributed by atoms with Crippen molar-refractivity contribution in [3.63, 3.8) is 0 Å². The molecule has 1 rings (SSSR count). The van der Waals surface area contributed by atoms with Crippen LogP contribution in [0.5, 0.6) is 0 Å². The van der Waals surface area contributed by atoms with Gasteiger partial charge in [-0.1, -0.05) is 23.8 Å². The van der Waals surface area contributed by atoms with E-state index in [4.69, 9.17) is 16.7 Å². The highest BCUT2D eigenvalue weighted by Crippen LogP contribution is 2.27. The maximum absolute atomic E-state index is 12.6. The van der Waals surface area contributed by atoms with Gasteiger partial charge >= 0.3 is 5.97 Å². The molecule has 0 aromatic heterocycles. The molecule has 0 aliphatic carbocycles. The van der Waals surface area contributed by atoms with E-state index in [1.165, 1.54) is 31.2 Å². The van der Waals surface area contributed by atoms with Crippen molar-refractivity contribution in [1.82, 2.24) is 4.31 Å². The Labute approximate surface area is 129 Å². The lowest BCUT2D eigenvalue weighted by Crippen LogP contribution is -2.32. The van der Waals surface area contributed by atoms with Crippen LogP contribution in [-0.2, 0) is 10.0 Å². The van der Waals surface area contributed by atoms with E-state index in [0.717, 1.165) is 4.31 Å². The van der Waals surface area contributed by atoms with Crippen LogP contribution in [0.25, 0.3) is 0 Å². The summed E-state index contributed by atoms with van der Waals surface area (Å²) in [5, 5.41) is 9.18. The molecule has 0 atom stereocenters. The van der Waals surface area contributed by atoms with Gasteiger partial charge in [-0.05, 0) is 24.6 Å². The fourth-order valence-corrected chi connectivity index (χ4v) is 3.78. The highest BCUT2D eigenvalue weighted by atomic mass is 35.5. The second-order valence-corrected chi connectivity index (χ2v) is 6.62. The molecule has 5 nitrogen and oxygen atoms in total. The topological polar surface area (TPSA) is 74.7 Å². The van der Waals surface area contributed by atoms with E-state index in [1.807, 2.05) is 0 Å². The quantitative estimate of drug-likeness (QED) is 0.780. The van der Waals surface area contributed by atoms with Gasteiger partial charge in [-0.3, -0.25) is 0 Å². The molecule has 0 unspecified atom stereocenters. The van der Waals surface area contributed by atoms with Gasteiger partial charge in [-0.2, -0.15) is 4.31 Å². The van der Waals surface area contributed by atoms with Gasteiger partial charge in [0.05, 0.1) is 10.5 Å². The Morgan fingerprint density at radius 1 is 1.33 bits per heavy atom. The molecule has 0 amide bonds. The number of halogens is 1. The summed E-state index contributed by atoms with van der Waals surface area (Å²) in [5.41, 5.74) is 0.00301. The van der Waals surface area contributed by atoms with E-state index in [9.17, 15) is 13.2 Å². The maximum atomic E-state index is 12.6. The summed E-state index contributed by atoms with van der Waals surface area (Å²) in [5.74, 6) is -1.23. The van der Waals surface area contributed by atoms with Crippen LogP contribution in [0.2, 0.25) is 5.02 Å². The zero-order chi connectivity index (χ0) is 16.2. The molecule has 0 heterocycles. The van der Waals surface area contributed by atoms with E-state index in [1.54, 1.807) is 0 Å². The molecule has 1 aromatic rings. The number of carboxylic acids is 1. The largest absolute Gasteiger partial charge is 0.478 e. The lowest BCUT2D eigenvalue weighted by Gasteiger charge is -2.21. The second-order valence-electron chi connectivity index (χ2n) is 4.28. The Bertz CT molecular complexity index is 672. The van der Waals surface area contributed by atoms with Crippen LogP contribution in [0.15, 0.2) is 42.3 Å². The fraction of sp³-hybridized carbons (Fsp3) is 0.214. The van der Waals surface area contributed by atoms with Crippen LogP contribution < -0.4 is 0 Å². The van der Waals surface area contributed by atoms with Crippen LogP contribution >= 0.6 is 11.6 Å². The van der Waals surface area contributed by atoms with Crippen molar-refractivity contribution in [3.05, 3.63) is 53.6 Å². The third-order valence-electron chi connectivity index (χ3n) is 2.84. The van der Waals surface area contributed by atoms with Crippen molar-refractivity contribution in [2.24, 2.45) is 0 Å². The molecule has 0 saturated carbocycles. The van der Waals surface area contributed by atoms with Crippen LogP contribution in [0.4, 0.5) is 0 Å². The first kappa shape index (κ1) is 17.4. The minimum Gasteiger partial charge on any atom is -0.478 e. The number of benzene rings is 1. The van der Waals surface area contributed by atoms with Gasteiger partial charge in [0.15, 0.2) is 0 Å². The average Bonchev–Trinajstić information content (AvgIpc) is 2.40. The molecule has 114 valence electrons. The molecule has 7 heteroatoms. The summed E-state index contributed by atoms with van der Waals surface area (Å²) in [6.45, 7) is 8.64. The van der Waals surface area contributed by atoms with Gasteiger partial charge in [0.2, 0.25) is 10.0 Å². The molecule has 0 aliphatic rings. The average molecular weight is 330 g/mol. The maximum Gasteiger partial charge on any atom is 0.336 e. The van der Waals surface area contributed by atoms with E-state index >= 15 is 0 Å². The lowest BCUT2D eigenvalue weighted by atomic mass is 10.1. The predicted molar refractivity (Wildman–Crippen MR) is 82.3 cm³/mol. The van der Waals surface area contributed by atoms with Crippen LogP contribution in [-0.4, -0.2) is 36.9 Å². The van der Waals surface area contributed by atoms with Gasteiger partial charge in [-0.15, -0.1) is 13.2 Å². The molecule has 0 bridgehead atoms. The molecule has 1 aromatic carbocycles. The first-order valence-electron chi connectivity index (χ1n) is 6.01. The summed E-state index contributed by atoms with van der Waals surface area (Å²) in [7, 11) is -3.89. The number of sulfonamides is 1. The van der Waals surface area contributed by atoms with Crippen molar-refractivity contribution in [2.75, 3.05) is 13.1 Å². The molecule has 0 saturated heterocycles. The third-order valence-corrected chi connectivity index (χ3v) is 5.01. The van der Waals surface area contributed by atoms with Gasteiger partial charge in [0, 0.05) is 18.1 Å². The number of carbonyl (C=O) groups is 1. The molecule has 1 N–H and O–H groups in total. The molecule has 0 fully saturated rings. The standard InChI is InChI=1S/C14H16ClNO4S/c1-4-6-16(7-5-2)21(19,20)13-9-11(15)8-12(10(13)3)14(17)18/h4-5,8-9H,1-2,6-7H2,3H3,(H,17,18). The van der Waals surface area contributed by atoms with Crippen molar-refractivity contribution in [3.8, 4) is 0 Å². The van der Waals surface area contributed by atoms with Gasteiger partial charge in [0.25, 0.3) is 0 Å². The summed E-state index contributed by atoms with van der Waals surface area (Å²) in [4.78, 5) is 11.0. The summed E-state index contributed by atoms with van der Waals surface area (Å²) >= 11 is 5.84. The van der Waals surface area contributed by atoms with Crippen LogP contribution in [0.1, 0.15) is 15.9 Å². The zero-order valence-electron chi connectivity index (χ0n) is 11.5. The summed E-state index contributed by atoms with van der Waals surface area (Å²) in [6, 6.07) is 2.47. The van der Waals surface area contributed by atoms with Crippen molar-refractivity contribution < 1.29 is 18.3 Å². The highest BCUT2D eigenvalue weighted by Gasteiger charge is 2.27. The Hall–Kier alpha value is -1.63. The highest BCUT2D eigenvalue weighted by molar-refractivity contribution is 7.89. The van der Waals surface area contributed by atoms with Crippen molar-refractivity contribution >= 4 is 27.6 Å². The minimum atomic E-state index is -3.89. The zero-order valence-corrected chi connectivity index (χ0v) is 13.1. The molecular weight excluding hydrogens is 314 g/mol. The smallest absolute Gasteiger partial charge is 0.336 e. The first-order chi connectivity index (χ1) is 9.75. The molecule has 0 aliphatic heterocycles. The second kappa shape index (κ2) is 6.89. The number of carboxylic acid groups (broad SMARTS) is 1. The Morgan fingerprint density at radius 3 is 2.29 bits per heavy atom. The van der Waals surface area contributed by atoms with E-state index < -0.39 is 16.0 Å². The fourth-order valence-electron chi connectivity index (χ4n) is 1.84. The predicted octanol–water partition coefficient (Wildman–Crippen LogP) is 2.71. The van der Waals surface area contributed by atoms with Gasteiger partial charge in [0.1, 0.15) is 0 Å². The van der Waals surface area contributed by atoms with E-state index in [0.29, 0.717) is 0 Å². The van der Waals surface area contributed by atoms with E-state index in [-0.39, 0.29) is 34.1 Å². The summed E-state index contributed by atoms with van der Waals surface area (Å²) < 4.78 is 26.4. The lowest BCUT2D eigenvalue weighted by molar-refractivity contribution is 0.0696. The third kappa shape index (κ3) is 3.72. The molecular formula is C14H16ClNO4S. The normalized spacial score (nSPS) is 11.4. The SMILES string of the molecule is C=CCN(CC=C)S(=O)(=O)c1cc(Cl)cc(C(=O)O)c1C. The van der Waals surface area contributed by atoms with Crippen molar-refractivity contribution in [2.45, 2.75) is 11.8 Å². The number of hydrogen-bond donors (Lipinski definition) is 1. The Morgan fingerprint density at radius 2 is 1.86 bits per heavy atom.